The summed E-state index contributed by atoms with van der Waals surface area (Å²) < 4.78 is 0. The molecule has 1 aliphatic carbocycles. The van der Waals surface area contributed by atoms with Crippen LogP contribution in [0.15, 0.2) is 41.8 Å². The van der Waals surface area contributed by atoms with Gasteiger partial charge in [0.2, 0.25) is 0 Å². The van der Waals surface area contributed by atoms with Gasteiger partial charge in [-0.3, -0.25) is 9.59 Å². The standard InChI is InChI=1S/C19H20N2O2S/c1-12-5-2-3-6-14(12)19(23)21-11-13-9-15(16(21)10-13)20-18(22)17-7-4-8-24-17/h2-8,13,15-16H,9-11H2,1H3,(H,20,22)/t13-,15+,16-/m1/s1. The second-order valence-electron chi connectivity index (χ2n) is 6.73. The van der Waals surface area contributed by atoms with Gasteiger partial charge in [0.1, 0.15) is 0 Å². The number of likely N-dealkylation sites (tertiary alicyclic amines) is 1. The third kappa shape index (κ3) is 2.63. The van der Waals surface area contributed by atoms with Crippen LogP contribution < -0.4 is 5.32 Å². The van der Waals surface area contributed by atoms with Gasteiger partial charge in [-0.2, -0.15) is 0 Å². The third-order valence-electron chi connectivity index (χ3n) is 5.18. The summed E-state index contributed by atoms with van der Waals surface area (Å²) in [5.74, 6) is 0.568. The molecule has 2 bridgehead atoms. The lowest BCUT2D eigenvalue weighted by atomic mass is 10.0. The summed E-state index contributed by atoms with van der Waals surface area (Å²) in [6, 6.07) is 11.6. The fraction of sp³-hybridized carbons (Fsp3) is 0.368. The number of fused-ring (bicyclic) bond motifs is 2. The monoisotopic (exact) mass is 340 g/mol. The number of carbonyl (C=O) groups excluding carboxylic acids is 2. The van der Waals surface area contributed by atoms with E-state index in [0.717, 1.165) is 35.4 Å². The highest BCUT2D eigenvalue weighted by Gasteiger charge is 2.47. The van der Waals surface area contributed by atoms with Crippen molar-refractivity contribution in [3.63, 3.8) is 0 Å². The van der Waals surface area contributed by atoms with Gasteiger partial charge in [-0.15, -0.1) is 11.3 Å². The number of carbonyl (C=O) groups is 2. The van der Waals surface area contributed by atoms with E-state index in [1.807, 2.05) is 53.6 Å². The van der Waals surface area contributed by atoms with Gasteiger partial charge in [-0.05, 0) is 48.8 Å². The van der Waals surface area contributed by atoms with E-state index in [-0.39, 0.29) is 23.9 Å². The minimum Gasteiger partial charge on any atom is -0.347 e. The Morgan fingerprint density at radius 3 is 2.71 bits per heavy atom. The number of nitrogens with one attached hydrogen (secondary N) is 1. The van der Waals surface area contributed by atoms with Crippen molar-refractivity contribution >= 4 is 23.2 Å². The molecule has 0 unspecified atom stereocenters. The first kappa shape index (κ1) is 15.4. The highest BCUT2D eigenvalue weighted by molar-refractivity contribution is 7.12. The molecular weight excluding hydrogens is 320 g/mol. The minimum atomic E-state index is -0.0224. The van der Waals surface area contributed by atoms with Gasteiger partial charge in [-0.25, -0.2) is 0 Å². The van der Waals surface area contributed by atoms with Gasteiger partial charge < -0.3 is 10.2 Å². The van der Waals surface area contributed by atoms with Gasteiger partial charge >= 0.3 is 0 Å². The van der Waals surface area contributed by atoms with E-state index in [9.17, 15) is 9.59 Å². The van der Waals surface area contributed by atoms with E-state index >= 15 is 0 Å². The molecule has 24 heavy (non-hydrogen) atoms. The zero-order chi connectivity index (χ0) is 16.7. The molecule has 5 heteroatoms. The summed E-state index contributed by atoms with van der Waals surface area (Å²) in [7, 11) is 0. The number of hydrogen-bond acceptors (Lipinski definition) is 3. The quantitative estimate of drug-likeness (QED) is 0.933. The van der Waals surface area contributed by atoms with Crippen LogP contribution in [0.25, 0.3) is 0 Å². The Kier molecular flexibility index (Phi) is 3.88. The first-order valence-corrected chi connectivity index (χ1v) is 9.22. The molecule has 1 N–H and O–H groups in total. The van der Waals surface area contributed by atoms with E-state index in [4.69, 9.17) is 0 Å². The number of hydrogen-bond donors (Lipinski definition) is 1. The maximum atomic E-state index is 12.9. The molecule has 4 rings (SSSR count). The molecule has 2 heterocycles. The maximum Gasteiger partial charge on any atom is 0.261 e. The fourth-order valence-electron chi connectivity index (χ4n) is 4.03. The predicted octanol–water partition coefficient (Wildman–Crippen LogP) is 3.09. The van der Waals surface area contributed by atoms with Gasteiger partial charge in [0.15, 0.2) is 0 Å². The third-order valence-corrected chi connectivity index (χ3v) is 6.05. The van der Waals surface area contributed by atoms with Crippen LogP contribution in [0.3, 0.4) is 0 Å². The molecule has 124 valence electrons. The first-order chi connectivity index (χ1) is 11.6. The molecule has 4 nitrogen and oxygen atoms in total. The molecule has 0 radical (unpaired) electrons. The Balaban J connectivity index is 1.50. The molecule has 1 aromatic carbocycles. The number of benzene rings is 1. The number of thiophene rings is 1. The van der Waals surface area contributed by atoms with E-state index < -0.39 is 0 Å². The lowest BCUT2D eigenvalue weighted by Gasteiger charge is -2.34. The SMILES string of the molecule is Cc1ccccc1C(=O)N1C[C@@H]2C[C@H](NC(=O)c3cccs3)[C@H]1C2. The Labute approximate surface area is 145 Å². The van der Waals surface area contributed by atoms with E-state index in [1.165, 1.54) is 11.3 Å². The van der Waals surface area contributed by atoms with Crippen molar-refractivity contribution in [2.45, 2.75) is 31.8 Å². The van der Waals surface area contributed by atoms with Crippen molar-refractivity contribution in [3.8, 4) is 0 Å². The van der Waals surface area contributed by atoms with E-state index in [2.05, 4.69) is 5.32 Å². The van der Waals surface area contributed by atoms with Crippen molar-refractivity contribution in [2.75, 3.05) is 6.54 Å². The summed E-state index contributed by atoms with van der Waals surface area (Å²) in [5, 5.41) is 5.05. The van der Waals surface area contributed by atoms with Crippen LogP contribution in [0.1, 0.15) is 38.4 Å². The predicted molar refractivity (Wildman–Crippen MR) is 94.3 cm³/mol. The number of amides is 2. The second kappa shape index (κ2) is 6.06. The molecule has 2 aromatic rings. The molecule has 1 saturated heterocycles. The van der Waals surface area contributed by atoms with Crippen molar-refractivity contribution in [3.05, 3.63) is 57.8 Å². The fourth-order valence-corrected chi connectivity index (χ4v) is 4.66. The van der Waals surface area contributed by atoms with Gasteiger partial charge in [0, 0.05) is 18.2 Å². The molecule has 2 aliphatic rings. The summed E-state index contributed by atoms with van der Waals surface area (Å²) >= 11 is 1.45. The lowest BCUT2D eigenvalue weighted by Crippen LogP contribution is -2.51. The number of nitrogens with zero attached hydrogens (tertiary/aromatic N) is 1. The Bertz CT molecular complexity index is 771. The van der Waals surface area contributed by atoms with Crippen LogP contribution in [0.2, 0.25) is 0 Å². The molecule has 1 aromatic heterocycles. The Morgan fingerprint density at radius 2 is 2.00 bits per heavy atom. The summed E-state index contributed by atoms with van der Waals surface area (Å²) in [6.07, 6.45) is 1.96. The molecule has 2 amide bonds. The molecule has 2 fully saturated rings. The maximum absolute atomic E-state index is 12.9. The number of aryl methyl sites for hydroxylation is 1. The summed E-state index contributed by atoms with van der Waals surface area (Å²) in [5.41, 5.74) is 1.78. The normalized spacial score (nSPS) is 25.0. The van der Waals surface area contributed by atoms with Gasteiger partial charge in [-0.1, -0.05) is 24.3 Å². The second-order valence-corrected chi connectivity index (χ2v) is 7.68. The van der Waals surface area contributed by atoms with Crippen molar-refractivity contribution in [1.82, 2.24) is 10.2 Å². The number of rotatable bonds is 3. The zero-order valence-electron chi connectivity index (χ0n) is 13.6. The van der Waals surface area contributed by atoms with Crippen LogP contribution in [-0.2, 0) is 0 Å². The van der Waals surface area contributed by atoms with E-state index in [1.54, 1.807) is 0 Å². The Hall–Kier alpha value is -2.14. The van der Waals surface area contributed by atoms with Crippen molar-refractivity contribution < 1.29 is 9.59 Å². The lowest BCUT2D eigenvalue weighted by molar-refractivity contribution is 0.0648. The summed E-state index contributed by atoms with van der Waals surface area (Å²) in [4.78, 5) is 28.0. The van der Waals surface area contributed by atoms with Gasteiger partial charge in [0.05, 0.1) is 10.9 Å². The average Bonchev–Trinajstić information content (AvgIpc) is 3.31. The van der Waals surface area contributed by atoms with Crippen LogP contribution >= 0.6 is 11.3 Å². The van der Waals surface area contributed by atoms with Crippen LogP contribution in [0, 0.1) is 12.8 Å². The topological polar surface area (TPSA) is 49.4 Å². The molecular formula is C19H20N2O2S. The summed E-state index contributed by atoms with van der Waals surface area (Å²) in [6.45, 7) is 2.78. The van der Waals surface area contributed by atoms with Crippen LogP contribution in [-0.4, -0.2) is 35.3 Å². The first-order valence-electron chi connectivity index (χ1n) is 8.34. The minimum absolute atomic E-state index is 0.0224. The van der Waals surface area contributed by atoms with Gasteiger partial charge in [0.25, 0.3) is 11.8 Å². The zero-order valence-corrected chi connectivity index (χ0v) is 14.4. The molecule has 1 saturated carbocycles. The van der Waals surface area contributed by atoms with Crippen LogP contribution in [0.5, 0.6) is 0 Å². The highest BCUT2D eigenvalue weighted by atomic mass is 32.1. The average molecular weight is 340 g/mol. The molecule has 0 spiro atoms. The van der Waals surface area contributed by atoms with Crippen molar-refractivity contribution in [2.24, 2.45) is 5.92 Å². The van der Waals surface area contributed by atoms with E-state index in [0.29, 0.717) is 5.92 Å². The van der Waals surface area contributed by atoms with Crippen LogP contribution in [0.4, 0.5) is 0 Å². The Morgan fingerprint density at radius 1 is 1.17 bits per heavy atom. The molecule has 1 aliphatic heterocycles. The van der Waals surface area contributed by atoms with Crippen molar-refractivity contribution in [1.29, 1.82) is 0 Å². The largest absolute Gasteiger partial charge is 0.347 e. The molecule has 3 atom stereocenters. The highest BCUT2D eigenvalue weighted by Crippen LogP contribution is 2.39. The number of piperidine rings is 1. The smallest absolute Gasteiger partial charge is 0.261 e.